The van der Waals surface area contributed by atoms with Crippen LogP contribution in [0.5, 0.6) is 0 Å². The highest BCUT2D eigenvalue weighted by atomic mass is 35.5. The maximum Gasteiger partial charge on any atom is 0.248 e. The lowest BCUT2D eigenvalue weighted by molar-refractivity contribution is 0.103. The van der Waals surface area contributed by atoms with Crippen molar-refractivity contribution in [2.45, 2.75) is 66.2 Å². The van der Waals surface area contributed by atoms with Gasteiger partial charge in [-0.25, -0.2) is 0 Å². The Morgan fingerprint density at radius 2 is 1.23 bits per heavy atom. The molecule has 184 valence electrons. The summed E-state index contributed by atoms with van der Waals surface area (Å²) in [7, 11) is -4.29. The van der Waals surface area contributed by atoms with Gasteiger partial charge in [-0.2, -0.15) is 0 Å². The van der Waals surface area contributed by atoms with Gasteiger partial charge in [0.25, 0.3) is 0 Å². The first-order valence-corrected chi connectivity index (χ1v) is 14.2. The minimum Gasteiger partial charge on any atom is -0.302 e. The van der Waals surface area contributed by atoms with Gasteiger partial charge in [0.15, 0.2) is 0 Å². The number of rotatable bonds is 8. The summed E-state index contributed by atoms with van der Waals surface area (Å²) in [6, 6.07) is 17.6. The standard InChI is InChI=1S/C30H34ClO3P/c1-18(2)22-16-24(19(3)4)28(25(17-22)20(5)6)30(33)35(34,23-13-9-8-10-14-23)29(32)27-21(7)12-11-15-26(27)31/h8-20H,1-7H3. The normalized spacial score (nSPS) is 13.3. The summed E-state index contributed by atoms with van der Waals surface area (Å²) in [6.45, 7) is 14.1. The Morgan fingerprint density at radius 1 is 0.714 bits per heavy atom. The van der Waals surface area contributed by atoms with Crippen molar-refractivity contribution in [1.29, 1.82) is 0 Å². The largest absolute Gasteiger partial charge is 0.302 e. The Bertz CT molecular complexity index is 1260. The summed E-state index contributed by atoms with van der Waals surface area (Å²) in [5, 5.41) is 0.425. The number of hydrogen-bond donors (Lipinski definition) is 0. The van der Waals surface area contributed by atoms with E-state index in [4.69, 9.17) is 11.6 Å². The van der Waals surface area contributed by atoms with Gasteiger partial charge in [-0.1, -0.05) is 108 Å². The molecule has 0 aliphatic heterocycles. The number of halogens is 1. The molecule has 3 aromatic rings. The van der Waals surface area contributed by atoms with Gasteiger partial charge in [0.2, 0.25) is 18.2 Å². The predicted octanol–water partition coefficient (Wildman–Crippen LogP) is 8.69. The molecule has 3 nitrogen and oxygen atoms in total. The van der Waals surface area contributed by atoms with Crippen LogP contribution in [0, 0.1) is 6.92 Å². The second-order valence-corrected chi connectivity index (χ2v) is 13.0. The molecule has 0 spiro atoms. The molecule has 35 heavy (non-hydrogen) atoms. The van der Waals surface area contributed by atoms with Crippen molar-refractivity contribution in [3.8, 4) is 0 Å². The molecule has 5 heteroatoms. The maximum absolute atomic E-state index is 14.9. The van der Waals surface area contributed by atoms with Gasteiger partial charge in [-0.15, -0.1) is 0 Å². The van der Waals surface area contributed by atoms with Crippen molar-refractivity contribution in [1.82, 2.24) is 0 Å². The van der Waals surface area contributed by atoms with E-state index in [1.54, 1.807) is 55.5 Å². The Balaban J connectivity index is 2.40. The zero-order valence-corrected chi connectivity index (χ0v) is 23.2. The summed E-state index contributed by atoms with van der Waals surface area (Å²) >= 11 is 6.43. The Kier molecular flexibility index (Phi) is 8.25. The summed E-state index contributed by atoms with van der Waals surface area (Å²) in [5.74, 6) is 0.278. The first-order valence-electron chi connectivity index (χ1n) is 12.1. The summed E-state index contributed by atoms with van der Waals surface area (Å²) < 4.78 is 14.9. The quantitative estimate of drug-likeness (QED) is 0.286. The highest BCUT2D eigenvalue weighted by Gasteiger charge is 2.45. The van der Waals surface area contributed by atoms with E-state index in [-0.39, 0.29) is 33.6 Å². The van der Waals surface area contributed by atoms with Crippen LogP contribution < -0.4 is 5.30 Å². The molecule has 1 unspecified atom stereocenters. The van der Waals surface area contributed by atoms with E-state index < -0.39 is 18.2 Å². The predicted molar refractivity (Wildman–Crippen MR) is 147 cm³/mol. The number of hydrogen-bond acceptors (Lipinski definition) is 3. The van der Waals surface area contributed by atoms with E-state index in [0.717, 1.165) is 16.7 Å². The number of carbonyl (C=O) groups excluding carboxylic acids is 2. The monoisotopic (exact) mass is 508 g/mol. The SMILES string of the molecule is Cc1cccc(Cl)c1C(=O)P(=O)(C(=O)c1c(C(C)C)cc(C(C)C)cc1C(C)C)c1ccccc1. The van der Waals surface area contributed by atoms with Crippen molar-refractivity contribution in [2.75, 3.05) is 0 Å². The molecular formula is C30H34ClO3P. The maximum atomic E-state index is 14.9. The second-order valence-electron chi connectivity index (χ2n) is 10.0. The van der Waals surface area contributed by atoms with Crippen LogP contribution in [0.4, 0.5) is 0 Å². The highest BCUT2D eigenvalue weighted by Crippen LogP contribution is 2.54. The average molecular weight is 509 g/mol. The summed E-state index contributed by atoms with van der Waals surface area (Å²) in [4.78, 5) is 28.6. The summed E-state index contributed by atoms with van der Waals surface area (Å²) in [5.41, 5.74) is 2.58. The molecule has 0 radical (unpaired) electrons. The van der Waals surface area contributed by atoms with Crippen molar-refractivity contribution in [3.63, 3.8) is 0 Å². The molecule has 1 atom stereocenters. The van der Waals surface area contributed by atoms with Gasteiger partial charge in [0.1, 0.15) is 0 Å². The first kappa shape index (κ1) is 27.1. The number of aryl methyl sites for hydroxylation is 1. The fourth-order valence-corrected chi connectivity index (χ4v) is 7.19. The Morgan fingerprint density at radius 3 is 1.69 bits per heavy atom. The van der Waals surface area contributed by atoms with Crippen molar-refractivity contribution in [3.05, 3.63) is 99.1 Å². The van der Waals surface area contributed by atoms with Gasteiger partial charge in [0, 0.05) is 16.4 Å². The van der Waals surface area contributed by atoms with Gasteiger partial charge in [0.05, 0.1) is 5.02 Å². The van der Waals surface area contributed by atoms with Crippen LogP contribution in [0.3, 0.4) is 0 Å². The third-order valence-corrected chi connectivity index (χ3v) is 9.41. The average Bonchev–Trinajstić information content (AvgIpc) is 2.82. The molecule has 0 saturated carbocycles. The molecule has 3 rings (SSSR count). The molecule has 0 saturated heterocycles. The van der Waals surface area contributed by atoms with Crippen molar-refractivity contribution in [2.24, 2.45) is 0 Å². The fraction of sp³-hybridized carbons (Fsp3) is 0.333. The molecule has 0 N–H and O–H groups in total. The van der Waals surface area contributed by atoms with Crippen LogP contribution in [0.25, 0.3) is 0 Å². The van der Waals surface area contributed by atoms with E-state index in [1.165, 1.54) is 0 Å². The molecule has 0 aliphatic carbocycles. The summed E-state index contributed by atoms with van der Waals surface area (Å²) in [6.07, 6.45) is 0. The molecule has 0 heterocycles. The second kappa shape index (κ2) is 10.6. The topological polar surface area (TPSA) is 51.2 Å². The highest BCUT2D eigenvalue weighted by molar-refractivity contribution is 8.01. The van der Waals surface area contributed by atoms with E-state index in [1.807, 2.05) is 39.8 Å². The van der Waals surface area contributed by atoms with E-state index in [9.17, 15) is 14.2 Å². The minimum absolute atomic E-state index is 0.00604. The minimum atomic E-state index is -4.29. The zero-order valence-electron chi connectivity index (χ0n) is 21.6. The zero-order chi connectivity index (χ0) is 26.1. The lowest BCUT2D eigenvalue weighted by Gasteiger charge is -2.25. The Labute approximate surface area is 214 Å². The molecule has 3 aromatic carbocycles. The number of benzene rings is 3. The Hall–Kier alpha value is -2.48. The van der Waals surface area contributed by atoms with Crippen LogP contribution in [0.2, 0.25) is 5.02 Å². The lowest BCUT2D eigenvalue weighted by Crippen LogP contribution is -2.24. The van der Waals surface area contributed by atoms with Gasteiger partial charge in [-0.3, -0.25) is 9.59 Å². The van der Waals surface area contributed by atoms with Crippen LogP contribution in [-0.4, -0.2) is 11.0 Å². The fourth-order valence-electron chi connectivity index (χ4n) is 4.39. The lowest BCUT2D eigenvalue weighted by atomic mass is 9.85. The third kappa shape index (κ3) is 5.08. The van der Waals surface area contributed by atoms with Crippen molar-refractivity contribution >= 4 is 35.1 Å². The molecule has 0 fully saturated rings. The van der Waals surface area contributed by atoms with Crippen molar-refractivity contribution < 1.29 is 14.2 Å². The van der Waals surface area contributed by atoms with Crippen LogP contribution in [0.15, 0.2) is 60.7 Å². The van der Waals surface area contributed by atoms with Crippen LogP contribution >= 0.6 is 18.7 Å². The molecule has 0 aliphatic rings. The van der Waals surface area contributed by atoms with Crippen LogP contribution in [-0.2, 0) is 4.57 Å². The number of carbonyl (C=O) groups is 2. The third-order valence-electron chi connectivity index (χ3n) is 6.47. The van der Waals surface area contributed by atoms with Gasteiger partial charge < -0.3 is 4.57 Å². The first-order chi connectivity index (χ1) is 16.4. The van der Waals surface area contributed by atoms with E-state index in [2.05, 4.69) is 13.8 Å². The van der Waals surface area contributed by atoms with Gasteiger partial charge in [-0.05, 0) is 53.0 Å². The van der Waals surface area contributed by atoms with E-state index in [0.29, 0.717) is 11.1 Å². The smallest absolute Gasteiger partial charge is 0.248 e. The van der Waals surface area contributed by atoms with E-state index >= 15 is 0 Å². The van der Waals surface area contributed by atoms with Gasteiger partial charge >= 0.3 is 0 Å². The molecular weight excluding hydrogens is 475 g/mol. The molecule has 0 bridgehead atoms. The van der Waals surface area contributed by atoms with Crippen LogP contribution in [0.1, 0.15) is 102 Å². The molecule has 0 aromatic heterocycles. The molecule has 0 amide bonds.